The van der Waals surface area contributed by atoms with E-state index in [0.717, 1.165) is 14.8 Å². The molecule has 2 rings (SSSR count). The standard InChI is InChI=1S/C15H15IN2O2/c1-10-3-5-12(6-4-10)20-9-15(19)18-14-8-7-13(16)11(2)17-14/h3-8H,9H2,1-2H3,(H,17,18,19). The molecule has 1 amide bonds. The average Bonchev–Trinajstić information content (AvgIpc) is 2.42. The zero-order valence-electron chi connectivity index (χ0n) is 11.3. The largest absolute Gasteiger partial charge is 0.484 e. The number of nitrogens with zero attached hydrogens (tertiary/aromatic N) is 1. The van der Waals surface area contributed by atoms with Gasteiger partial charge in [-0.3, -0.25) is 4.79 Å². The van der Waals surface area contributed by atoms with Crippen LogP contribution in [0.3, 0.4) is 0 Å². The zero-order chi connectivity index (χ0) is 14.5. The van der Waals surface area contributed by atoms with Gasteiger partial charge in [-0.15, -0.1) is 0 Å². The van der Waals surface area contributed by atoms with Crippen LogP contribution in [0.5, 0.6) is 5.75 Å². The van der Waals surface area contributed by atoms with Gasteiger partial charge >= 0.3 is 0 Å². The molecule has 1 heterocycles. The van der Waals surface area contributed by atoms with Crippen molar-refractivity contribution >= 4 is 34.3 Å². The number of nitrogens with one attached hydrogen (secondary N) is 1. The molecule has 104 valence electrons. The Bertz CT molecular complexity index is 612. The number of hydrogen-bond donors (Lipinski definition) is 1. The molecule has 0 spiro atoms. The molecule has 0 bridgehead atoms. The van der Waals surface area contributed by atoms with Crippen LogP contribution in [0.2, 0.25) is 0 Å². The van der Waals surface area contributed by atoms with Crippen molar-refractivity contribution in [2.45, 2.75) is 13.8 Å². The lowest BCUT2D eigenvalue weighted by Crippen LogP contribution is -2.21. The van der Waals surface area contributed by atoms with Crippen molar-refractivity contribution in [2.75, 3.05) is 11.9 Å². The quantitative estimate of drug-likeness (QED) is 0.826. The van der Waals surface area contributed by atoms with E-state index in [4.69, 9.17) is 4.74 Å². The van der Waals surface area contributed by atoms with Crippen LogP contribution in [0.25, 0.3) is 0 Å². The van der Waals surface area contributed by atoms with Crippen LogP contribution >= 0.6 is 22.6 Å². The Morgan fingerprint density at radius 3 is 2.55 bits per heavy atom. The summed E-state index contributed by atoms with van der Waals surface area (Å²) in [6.07, 6.45) is 0. The Kier molecular flexibility index (Phi) is 4.94. The molecule has 2 aromatic rings. The van der Waals surface area contributed by atoms with Gasteiger partial charge in [-0.2, -0.15) is 0 Å². The lowest BCUT2D eigenvalue weighted by atomic mass is 10.2. The fraction of sp³-hybridized carbons (Fsp3) is 0.200. The summed E-state index contributed by atoms with van der Waals surface area (Å²) in [7, 11) is 0. The number of carbonyl (C=O) groups is 1. The van der Waals surface area contributed by atoms with E-state index in [2.05, 4.69) is 32.9 Å². The monoisotopic (exact) mass is 382 g/mol. The van der Waals surface area contributed by atoms with E-state index in [0.29, 0.717) is 11.6 Å². The second-order valence-corrected chi connectivity index (χ2v) is 5.58. The predicted octanol–water partition coefficient (Wildman–Crippen LogP) is 3.32. The van der Waals surface area contributed by atoms with Gasteiger partial charge in [-0.1, -0.05) is 17.7 Å². The van der Waals surface area contributed by atoms with Gasteiger partial charge in [0.1, 0.15) is 11.6 Å². The molecule has 1 aromatic heterocycles. The van der Waals surface area contributed by atoms with Crippen molar-refractivity contribution < 1.29 is 9.53 Å². The number of rotatable bonds is 4. The van der Waals surface area contributed by atoms with Gasteiger partial charge in [0.05, 0.1) is 5.69 Å². The lowest BCUT2D eigenvalue weighted by Gasteiger charge is -2.08. The Hall–Kier alpha value is -1.63. The third-order valence-corrected chi connectivity index (χ3v) is 3.82. The third kappa shape index (κ3) is 4.19. The molecule has 5 heteroatoms. The number of aryl methyl sites for hydroxylation is 2. The summed E-state index contributed by atoms with van der Waals surface area (Å²) in [5.74, 6) is 0.997. The molecule has 0 radical (unpaired) electrons. The fourth-order valence-corrected chi connectivity index (χ4v) is 1.88. The maximum absolute atomic E-state index is 11.8. The lowest BCUT2D eigenvalue weighted by molar-refractivity contribution is -0.118. The zero-order valence-corrected chi connectivity index (χ0v) is 13.5. The van der Waals surface area contributed by atoms with Crippen molar-refractivity contribution in [3.63, 3.8) is 0 Å². The molecule has 0 atom stereocenters. The minimum atomic E-state index is -0.223. The molecule has 0 saturated carbocycles. The molecule has 0 aliphatic rings. The first kappa shape index (κ1) is 14.8. The van der Waals surface area contributed by atoms with Crippen molar-refractivity contribution in [3.8, 4) is 5.75 Å². The minimum absolute atomic E-state index is 0.0320. The van der Waals surface area contributed by atoms with E-state index >= 15 is 0 Å². The summed E-state index contributed by atoms with van der Waals surface area (Å²) in [6.45, 7) is 3.87. The van der Waals surface area contributed by atoms with Crippen LogP contribution in [0.1, 0.15) is 11.3 Å². The molecular weight excluding hydrogens is 367 g/mol. The second-order valence-electron chi connectivity index (χ2n) is 4.41. The van der Waals surface area contributed by atoms with E-state index in [9.17, 15) is 4.79 Å². The predicted molar refractivity (Wildman–Crippen MR) is 87.0 cm³/mol. The summed E-state index contributed by atoms with van der Waals surface area (Å²) < 4.78 is 6.47. The molecule has 0 aliphatic carbocycles. The number of benzene rings is 1. The van der Waals surface area contributed by atoms with E-state index < -0.39 is 0 Å². The SMILES string of the molecule is Cc1ccc(OCC(=O)Nc2ccc(I)c(C)n2)cc1. The molecule has 4 nitrogen and oxygen atoms in total. The number of hydrogen-bond acceptors (Lipinski definition) is 3. The minimum Gasteiger partial charge on any atom is -0.484 e. The van der Waals surface area contributed by atoms with Crippen LogP contribution in [-0.4, -0.2) is 17.5 Å². The first-order chi connectivity index (χ1) is 9.54. The maximum Gasteiger partial charge on any atom is 0.263 e. The summed E-state index contributed by atoms with van der Waals surface area (Å²) in [5, 5.41) is 2.71. The molecular formula is C15H15IN2O2. The number of anilines is 1. The van der Waals surface area contributed by atoms with Crippen LogP contribution in [0.4, 0.5) is 5.82 Å². The van der Waals surface area contributed by atoms with Crippen molar-refractivity contribution in [2.24, 2.45) is 0 Å². The molecule has 0 aliphatic heterocycles. The first-order valence-electron chi connectivity index (χ1n) is 6.17. The topological polar surface area (TPSA) is 51.2 Å². The van der Waals surface area contributed by atoms with Gasteiger partial charge in [0.25, 0.3) is 5.91 Å². The van der Waals surface area contributed by atoms with Gasteiger partial charge in [-0.25, -0.2) is 4.98 Å². The summed E-state index contributed by atoms with van der Waals surface area (Å²) >= 11 is 2.20. The molecule has 1 aromatic carbocycles. The van der Waals surface area contributed by atoms with Gasteiger partial charge < -0.3 is 10.1 Å². The Morgan fingerprint density at radius 1 is 1.20 bits per heavy atom. The van der Waals surface area contributed by atoms with E-state index in [1.807, 2.05) is 44.2 Å². The molecule has 0 fully saturated rings. The fourth-order valence-electron chi connectivity index (χ4n) is 1.58. The molecule has 20 heavy (non-hydrogen) atoms. The number of ether oxygens (including phenoxy) is 1. The van der Waals surface area contributed by atoms with Crippen LogP contribution < -0.4 is 10.1 Å². The van der Waals surface area contributed by atoms with E-state index in [1.165, 1.54) is 0 Å². The van der Waals surface area contributed by atoms with Crippen LogP contribution in [-0.2, 0) is 4.79 Å². The number of carbonyl (C=O) groups excluding carboxylic acids is 1. The van der Waals surface area contributed by atoms with E-state index in [-0.39, 0.29) is 12.5 Å². The van der Waals surface area contributed by atoms with Gasteiger partial charge in [0, 0.05) is 3.57 Å². The smallest absolute Gasteiger partial charge is 0.263 e. The molecule has 1 N–H and O–H groups in total. The summed E-state index contributed by atoms with van der Waals surface area (Å²) in [5.41, 5.74) is 2.04. The number of halogens is 1. The summed E-state index contributed by atoms with van der Waals surface area (Å²) in [6, 6.07) is 11.3. The molecule has 0 saturated heterocycles. The third-order valence-electron chi connectivity index (χ3n) is 2.68. The molecule has 0 unspecified atom stereocenters. The van der Waals surface area contributed by atoms with Gasteiger partial charge in [0.2, 0.25) is 0 Å². The Morgan fingerprint density at radius 2 is 1.90 bits per heavy atom. The highest BCUT2D eigenvalue weighted by molar-refractivity contribution is 14.1. The maximum atomic E-state index is 11.8. The highest BCUT2D eigenvalue weighted by atomic mass is 127. The Labute approximate surface area is 131 Å². The number of aromatic nitrogens is 1. The van der Waals surface area contributed by atoms with Crippen molar-refractivity contribution in [3.05, 3.63) is 51.2 Å². The van der Waals surface area contributed by atoms with Crippen LogP contribution in [0, 0.1) is 17.4 Å². The number of pyridine rings is 1. The highest BCUT2D eigenvalue weighted by Crippen LogP contribution is 2.13. The average molecular weight is 382 g/mol. The van der Waals surface area contributed by atoms with Gasteiger partial charge in [-0.05, 0) is 60.7 Å². The first-order valence-corrected chi connectivity index (χ1v) is 7.25. The van der Waals surface area contributed by atoms with E-state index in [1.54, 1.807) is 6.07 Å². The van der Waals surface area contributed by atoms with Crippen molar-refractivity contribution in [1.29, 1.82) is 0 Å². The normalized spacial score (nSPS) is 10.2. The second kappa shape index (κ2) is 6.69. The Balaban J connectivity index is 1.89. The van der Waals surface area contributed by atoms with Gasteiger partial charge in [0.15, 0.2) is 6.61 Å². The summed E-state index contributed by atoms with van der Waals surface area (Å²) in [4.78, 5) is 16.1. The van der Waals surface area contributed by atoms with Crippen LogP contribution in [0.15, 0.2) is 36.4 Å². The highest BCUT2D eigenvalue weighted by Gasteiger charge is 2.06. The van der Waals surface area contributed by atoms with Crippen molar-refractivity contribution in [1.82, 2.24) is 4.98 Å². The number of amides is 1.